The molecule has 4 nitrogen and oxygen atoms in total. The predicted molar refractivity (Wildman–Crippen MR) is 50.5 cm³/mol. The van der Waals surface area contributed by atoms with Crippen molar-refractivity contribution in [2.75, 3.05) is 26.8 Å². The molecule has 0 aliphatic carbocycles. The monoisotopic (exact) mass is 186 g/mol. The number of carbonyl (C=O) groups is 1. The molecule has 0 spiro atoms. The molecule has 1 N–H and O–H groups in total. The minimum absolute atomic E-state index is 0.0983. The fourth-order valence-electron chi connectivity index (χ4n) is 1.24. The maximum atomic E-state index is 11.6. The summed E-state index contributed by atoms with van der Waals surface area (Å²) in [5, 5.41) is 3.22. The highest BCUT2D eigenvalue weighted by Crippen LogP contribution is 2.02. The van der Waals surface area contributed by atoms with Crippen LogP contribution < -0.4 is 5.32 Å². The van der Waals surface area contributed by atoms with Gasteiger partial charge in [0.15, 0.2) is 0 Å². The van der Waals surface area contributed by atoms with E-state index in [-0.39, 0.29) is 11.9 Å². The van der Waals surface area contributed by atoms with E-state index in [9.17, 15) is 4.79 Å². The third-order valence-electron chi connectivity index (χ3n) is 2.34. The van der Waals surface area contributed by atoms with E-state index in [1.807, 2.05) is 20.9 Å². The van der Waals surface area contributed by atoms with Gasteiger partial charge in [-0.2, -0.15) is 0 Å². The second-order valence-electron chi connectivity index (χ2n) is 3.48. The Morgan fingerprint density at radius 1 is 1.69 bits per heavy atom. The Morgan fingerprint density at radius 2 is 2.31 bits per heavy atom. The second-order valence-corrected chi connectivity index (χ2v) is 3.48. The highest BCUT2D eigenvalue weighted by atomic mass is 16.5. The van der Waals surface area contributed by atoms with Gasteiger partial charge < -0.3 is 9.64 Å². The minimum atomic E-state index is -0.0983. The van der Waals surface area contributed by atoms with Crippen LogP contribution in [0.2, 0.25) is 0 Å². The van der Waals surface area contributed by atoms with Gasteiger partial charge in [0.2, 0.25) is 5.91 Å². The van der Waals surface area contributed by atoms with Gasteiger partial charge in [-0.1, -0.05) is 0 Å². The Labute approximate surface area is 79.2 Å². The summed E-state index contributed by atoms with van der Waals surface area (Å²) in [6.45, 7) is 6.08. The molecule has 1 saturated heterocycles. The van der Waals surface area contributed by atoms with E-state index in [0.717, 1.165) is 19.8 Å². The molecular weight excluding hydrogens is 168 g/mol. The highest BCUT2D eigenvalue weighted by molar-refractivity contribution is 5.81. The van der Waals surface area contributed by atoms with Crippen LogP contribution in [0.5, 0.6) is 0 Å². The Hall–Kier alpha value is -0.610. The van der Waals surface area contributed by atoms with E-state index in [4.69, 9.17) is 4.74 Å². The first-order chi connectivity index (χ1) is 6.15. The summed E-state index contributed by atoms with van der Waals surface area (Å²) in [6, 6.07) is 0.267. The third-order valence-corrected chi connectivity index (χ3v) is 2.34. The van der Waals surface area contributed by atoms with Gasteiger partial charge in [0.1, 0.15) is 0 Å². The zero-order valence-electron chi connectivity index (χ0n) is 8.54. The number of hydrogen-bond acceptors (Lipinski definition) is 3. The highest BCUT2D eigenvalue weighted by Gasteiger charge is 2.24. The van der Waals surface area contributed by atoms with Gasteiger partial charge in [-0.05, 0) is 13.8 Å². The molecular formula is C9H18N2O2. The van der Waals surface area contributed by atoms with E-state index < -0.39 is 0 Å². The summed E-state index contributed by atoms with van der Waals surface area (Å²) in [6.07, 6.45) is 0. The van der Waals surface area contributed by atoms with Crippen LogP contribution in [0, 0.1) is 0 Å². The molecule has 13 heavy (non-hydrogen) atoms. The molecule has 1 rings (SSSR count). The van der Waals surface area contributed by atoms with Gasteiger partial charge in [0.05, 0.1) is 25.3 Å². The van der Waals surface area contributed by atoms with Crippen molar-refractivity contribution in [2.45, 2.75) is 25.9 Å². The first-order valence-electron chi connectivity index (χ1n) is 4.74. The van der Waals surface area contributed by atoms with E-state index in [1.54, 1.807) is 4.90 Å². The molecule has 1 heterocycles. The molecule has 0 aromatic rings. The summed E-state index contributed by atoms with van der Waals surface area (Å²) in [5.41, 5.74) is 0. The lowest BCUT2D eigenvalue weighted by atomic mass is 10.2. The van der Waals surface area contributed by atoms with E-state index in [0.29, 0.717) is 6.04 Å². The third kappa shape index (κ3) is 2.67. The zero-order valence-corrected chi connectivity index (χ0v) is 8.54. The topological polar surface area (TPSA) is 41.6 Å². The van der Waals surface area contributed by atoms with Crippen LogP contribution in [0.4, 0.5) is 0 Å². The number of ether oxygens (including phenoxy) is 1. The predicted octanol–water partition coefficient (Wildman–Crippen LogP) is -0.158. The van der Waals surface area contributed by atoms with Gasteiger partial charge in [-0.25, -0.2) is 0 Å². The molecule has 4 heteroatoms. The summed E-state index contributed by atoms with van der Waals surface area (Å²) < 4.78 is 5.01. The van der Waals surface area contributed by atoms with Crippen LogP contribution in [0.25, 0.3) is 0 Å². The quantitative estimate of drug-likeness (QED) is 0.663. The number of rotatable bonds is 4. The van der Waals surface area contributed by atoms with Crippen LogP contribution in [0.1, 0.15) is 13.8 Å². The molecule has 76 valence electrons. The number of amides is 1. The van der Waals surface area contributed by atoms with Gasteiger partial charge in [-0.15, -0.1) is 0 Å². The molecule has 1 fully saturated rings. The molecule has 0 radical (unpaired) electrons. The Kier molecular flexibility index (Phi) is 3.69. The first-order valence-corrected chi connectivity index (χ1v) is 4.74. The number of hydrogen-bond donors (Lipinski definition) is 1. The van der Waals surface area contributed by atoms with Crippen LogP contribution in [0.15, 0.2) is 0 Å². The van der Waals surface area contributed by atoms with Crippen LogP contribution >= 0.6 is 0 Å². The Balaban J connectivity index is 2.28. The lowest BCUT2D eigenvalue weighted by Crippen LogP contribution is -2.54. The number of nitrogens with one attached hydrogen (secondary N) is 1. The summed E-state index contributed by atoms with van der Waals surface area (Å²) >= 11 is 0. The average molecular weight is 186 g/mol. The first kappa shape index (κ1) is 10.5. The van der Waals surface area contributed by atoms with Gasteiger partial charge in [0.25, 0.3) is 0 Å². The van der Waals surface area contributed by atoms with E-state index in [2.05, 4.69) is 5.32 Å². The SMILES string of the molecule is CCN(C)C(=O)C(C)NC1COC1. The molecule has 1 aliphatic heterocycles. The van der Waals surface area contributed by atoms with Crippen molar-refractivity contribution < 1.29 is 9.53 Å². The largest absolute Gasteiger partial charge is 0.378 e. The molecule has 0 bridgehead atoms. The molecule has 1 amide bonds. The molecule has 1 aliphatic rings. The molecule has 0 saturated carbocycles. The number of nitrogens with zero attached hydrogens (tertiary/aromatic N) is 1. The summed E-state index contributed by atoms with van der Waals surface area (Å²) in [4.78, 5) is 13.3. The zero-order chi connectivity index (χ0) is 9.84. The average Bonchev–Trinajstić information content (AvgIpc) is 2.08. The van der Waals surface area contributed by atoms with Crippen LogP contribution in [-0.4, -0.2) is 49.7 Å². The van der Waals surface area contributed by atoms with E-state index >= 15 is 0 Å². The molecule has 0 aromatic carbocycles. The van der Waals surface area contributed by atoms with Crippen molar-refractivity contribution in [3.63, 3.8) is 0 Å². The summed E-state index contributed by atoms with van der Waals surface area (Å²) in [5.74, 6) is 0.148. The fraction of sp³-hybridized carbons (Fsp3) is 0.889. The minimum Gasteiger partial charge on any atom is -0.378 e. The molecule has 1 atom stereocenters. The lowest BCUT2D eigenvalue weighted by molar-refractivity contribution is -0.132. The molecule has 1 unspecified atom stereocenters. The fourth-order valence-corrected chi connectivity index (χ4v) is 1.24. The van der Waals surface area contributed by atoms with E-state index in [1.165, 1.54) is 0 Å². The van der Waals surface area contributed by atoms with Gasteiger partial charge in [0, 0.05) is 13.6 Å². The second kappa shape index (κ2) is 4.58. The van der Waals surface area contributed by atoms with Crippen molar-refractivity contribution in [3.05, 3.63) is 0 Å². The maximum absolute atomic E-state index is 11.6. The van der Waals surface area contributed by atoms with Gasteiger partial charge in [-0.3, -0.25) is 10.1 Å². The number of carbonyl (C=O) groups excluding carboxylic acids is 1. The van der Waals surface area contributed by atoms with Crippen molar-refractivity contribution in [3.8, 4) is 0 Å². The van der Waals surface area contributed by atoms with Crippen molar-refractivity contribution in [1.82, 2.24) is 10.2 Å². The Bertz CT molecular complexity index is 180. The number of likely N-dealkylation sites (N-methyl/N-ethyl adjacent to an activating group) is 1. The lowest BCUT2D eigenvalue weighted by Gasteiger charge is -2.31. The van der Waals surface area contributed by atoms with Crippen LogP contribution in [-0.2, 0) is 9.53 Å². The van der Waals surface area contributed by atoms with Crippen molar-refractivity contribution in [2.24, 2.45) is 0 Å². The van der Waals surface area contributed by atoms with Gasteiger partial charge >= 0.3 is 0 Å². The van der Waals surface area contributed by atoms with Crippen LogP contribution in [0.3, 0.4) is 0 Å². The Morgan fingerprint density at radius 3 is 2.69 bits per heavy atom. The smallest absolute Gasteiger partial charge is 0.239 e. The normalized spacial score (nSPS) is 19.3. The van der Waals surface area contributed by atoms with Crippen molar-refractivity contribution >= 4 is 5.91 Å². The molecule has 0 aromatic heterocycles. The standard InChI is InChI=1S/C9H18N2O2/c1-4-11(3)9(12)7(2)10-8-5-13-6-8/h7-8,10H,4-6H2,1-3H3. The van der Waals surface area contributed by atoms with Crippen molar-refractivity contribution in [1.29, 1.82) is 0 Å². The summed E-state index contributed by atoms with van der Waals surface area (Å²) in [7, 11) is 1.82. The maximum Gasteiger partial charge on any atom is 0.239 e.